The average Bonchev–Trinajstić information content (AvgIpc) is 2.80. The highest BCUT2D eigenvalue weighted by Crippen LogP contribution is 2.31. The van der Waals surface area contributed by atoms with Crippen molar-refractivity contribution in [2.75, 3.05) is 0 Å². The summed E-state index contributed by atoms with van der Waals surface area (Å²) >= 11 is 0. The molecule has 0 saturated carbocycles. The van der Waals surface area contributed by atoms with Crippen molar-refractivity contribution in [2.45, 2.75) is 13.8 Å². The number of aryl methyl sites for hydroxylation is 2. The summed E-state index contributed by atoms with van der Waals surface area (Å²) in [6, 6.07) is 0. The lowest BCUT2D eigenvalue weighted by molar-refractivity contribution is 0.0974. The predicted octanol–water partition coefficient (Wildman–Crippen LogP) is 1.05. The van der Waals surface area contributed by atoms with E-state index in [1.165, 1.54) is 0 Å². The minimum Gasteiger partial charge on any atom is -0.465 e. The second-order valence-electron chi connectivity index (χ2n) is 3.58. The van der Waals surface area contributed by atoms with Crippen LogP contribution in [0.1, 0.15) is 43.6 Å². The molecule has 6 heteroatoms. The summed E-state index contributed by atoms with van der Waals surface area (Å²) in [7, 11) is 0. The third-order valence-corrected chi connectivity index (χ3v) is 2.63. The zero-order valence-electron chi connectivity index (χ0n) is 8.53. The van der Waals surface area contributed by atoms with Crippen LogP contribution in [0.25, 0.3) is 0 Å². The summed E-state index contributed by atoms with van der Waals surface area (Å²) < 4.78 is 9.70. The second kappa shape index (κ2) is 2.66. The van der Waals surface area contributed by atoms with Crippen LogP contribution in [-0.2, 0) is 0 Å². The Labute approximate surface area is 89.2 Å². The van der Waals surface area contributed by atoms with Gasteiger partial charge in [0.05, 0.1) is 11.1 Å². The van der Waals surface area contributed by atoms with Gasteiger partial charge in [0.2, 0.25) is 11.6 Å². The van der Waals surface area contributed by atoms with Crippen LogP contribution < -0.4 is 0 Å². The lowest BCUT2D eigenvalue weighted by Crippen LogP contribution is -2.20. The smallest absolute Gasteiger partial charge is 0.221 e. The molecule has 1 aliphatic rings. The Bertz CT molecular complexity index is 584. The zero-order valence-corrected chi connectivity index (χ0v) is 8.53. The average molecular weight is 218 g/mol. The number of carbonyl (C=O) groups is 2. The molecule has 0 atom stereocenters. The molecule has 3 rings (SSSR count). The van der Waals surface area contributed by atoms with E-state index in [4.69, 9.17) is 4.42 Å². The summed E-state index contributed by atoms with van der Waals surface area (Å²) in [5.74, 6) is 0.0828. The largest absolute Gasteiger partial charge is 0.465 e. The number of hydrogen-bond acceptors (Lipinski definition) is 6. The van der Waals surface area contributed by atoms with Gasteiger partial charge >= 0.3 is 0 Å². The van der Waals surface area contributed by atoms with E-state index in [1.54, 1.807) is 13.8 Å². The fourth-order valence-electron chi connectivity index (χ4n) is 1.95. The molecule has 80 valence electrons. The van der Waals surface area contributed by atoms with E-state index in [0.717, 1.165) is 0 Å². The summed E-state index contributed by atoms with van der Waals surface area (Å²) in [5.41, 5.74) is 0.458. The predicted molar refractivity (Wildman–Crippen MR) is 49.3 cm³/mol. The van der Waals surface area contributed by atoms with E-state index in [2.05, 4.69) is 14.9 Å². The van der Waals surface area contributed by atoms with E-state index in [-0.39, 0.29) is 34.1 Å². The second-order valence-corrected chi connectivity index (χ2v) is 3.58. The maximum absolute atomic E-state index is 12.0. The lowest BCUT2D eigenvalue weighted by Gasteiger charge is -2.06. The Morgan fingerprint density at radius 1 is 0.875 bits per heavy atom. The van der Waals surface area contributed by atoms with Crippen LogP contribution in [0.3, 0.4) is 0 Å². The number of carbonyl (C=O) groups excluding carboxylic acids is 2. The van der Waals surface area contributed by atoms with Crippen LogP contribution in [0, 0.1) is 13.8 Å². The molecular weight excluding hydrogens is 212 g/mol. The molecule has 0 aromatic carbocycles. The summed E-state index contributed by atoms with van der Waals surface area (Å²) in [4.78, 5) is 23.9. The first kappa shape index (κ1) is 9.02. The Morgan fingerprint density at radius 2 is 1.31 bits per heavy atom. The molecule has 6 nitrogen and oxygen atoms in total. The van der Waals surface area contributed by atoms with Gasteiger partial charge in [0.15, 0.2) is 11.4 Å². The first-order valence-electron chi connectivity index (χ1n) is 4.63. The monoisotopic (exact) mass is 218 g/mol. The van der Waals surface area contributed by atoms with Crippen molar-refractivity contribution in [2.24, 2.45) is 0 Å². The van der Waals surface area contributed by atoms with Crippen LogP contribution in [0.5, 0.6) is 0 Å². The van der Waals surface area contributed by atoms with E-state index in [9.17, 15) is 9.59 Å². The molecule has 2 aromatic rings. The number of furan rings is 1. The Morgan fingerprint density at radius 3 is 1.75 bits per heavy atom. The van der Waals surface area contributed by atoms with Gasteiger partial charge in [-0.05, 0) is 24.2 Å². The van der Waals surface area contributed by atoms with Crippen LogP contribution in [0.4, 0.5) is 0 Å². The molecule has 0 unspecified atom stereocenters. The van der Waals surface area contributed by atoms with Crippen LogP contribution in [0.15, 0.2) is 9.05 Å². The summed E-state index contributed by atoms with van der Waals surface area (Å²) in [6.45, 7) is 3.27. The molecule has 2 heterocycles. The SMILES string of the molecule is Cc1oc(C)c2c1C(=O)c1nonc1C2=O. The Kier molecular flexibility index (Phi) is 1.50. The Hall–Kier alpha value is -2.24. The van der Waals surface area contributed by atoms with Crippen LogP contribution >= 0.6 is 0 Å². The van der Waals surface area contributed by atoms with E-state index in [0.29, 0.717) is 11.5 Å². The van der Waals surface area contributed by atoms with Crippen molar-refractivity contribution in [3.8, 4) is 0 Å². The van der Waals surface area contributed by atoms with Gasteiger partial charge in [-0.2, -0.15) is 0 Å². The fraction of sp³-hybridized carbons (Fsp3) is 0.200. The topological polar surface area (TPSA) is 86.2 Å². The van der Waals surface area contributed by atoms with Gasteiger partial charge in [-0.3, -0.25) is 9.59 Å². The molecular formula is C10H6N2O4. The molecule has 1 aliphatic carbocycles. The normalized spacial score (nSPS) is 13.9. The maximum atomic E-state index is 12.0. The molecule has 0 aliphatic heterocycles. The van der Waals surface area contributed by atoms with Crippen molar-refractivity contribution in [3.63, 3.8) is 0 Å². The Balaban J connectivity index is 2.40. The molecule has 0 radical (unpaired) electrons. The van der Waals surface area contributed by atoms with Crippen molar-refractivity contribution in [1.82, 2.24) is 10.3 Å². The highest BCUT2D eigenvalue weighted by molar-refractivity contribution is 6.27. The standard InChI is InChI=1S/C10H6N2O4/c1-3-5-6(4(2)15-3)10(14)8-7(9(5)13)11-16-12-8/h1-2H3. The van der Waals surface area contributed by atoms with Crippen LogP contribution in [0.2, 0.25) is 0 Å². The van der Waals surface area contributed by atoms with Crippen molar-refractivity contribution in [3.05, 3.63) is 34.0 Å². The number of ketones is 2. The van der Waals surface area contributed by atoms with Gasteiger partial charge < -0.3 is 4.42 Å². The van der Waals surface area contributed by atoms with Gasteiger partial charge in [0, 0.05) is 0 Å². The van der Waals surface area contributed by atoms with Crippen molar-refractivity contribution in [1.29, 1.82) is 0 Å². The van der Waals surface area contributed by atoms with Crippen molar-refractivity contribution >= 4 is 11.6 Å². The highest BCUT2D eigenvalue weighted by atomic mass is 16.6. The zero-order chi connectivity index (χ0) is 11.4. The van der Waals surface area contributed by atoms with Gasteiger partial charge in [0.25, 0.3) is 0 Å². The third-order valence-electron chi connectivity index (χ3n) is 2.63. The number of hydrogen-bond donors (Lipinski definition) is 0. The molecule has 2 aromatic heterocycles. The minimum absolute atomic E-state index is 0.0404. The van der Waals surface area contributed by atoms with Gasteiger partial charge in [0.1, 0.15) is 11.5 Å². The van der Waals surface area contributed by atoms with E-state index in [1.807, 2.05) is 0 Å². The maximum Gasteiger partial charge on any atom is 0.221 e. The van der Waals surface area contributed by atoms with Gasteiger partial charge in [-0.1, -0.05) is 0 Å². The molecule has 0 fully saturated rings. The van der Waals surface area contributed by atoms with Crippen LogP contribution in [-0.4, -0.2) is 21.9 Å². The highest BCUT2D eigenvalue weighted by Gasteiger charge is 2.39. The summed E-state index contributed by atoms with van der Waals surface area (Å²) in [6.07, 6.45) is 0. The lowest BCUT2D eigenvalue weighted by atomic mass is 9.91. The number of rotatable bonds is 0. The molecule has 0 amide bonds. The van der Waals surface area contributed by atoms with Crippen molar-refractivity contribution < 1.29 is 18.6 Å². The van der Waals surface area contributed by atoms with Gasteiger partial charge in [-0.25, -0.2) is 4.63 Å². The quantitative estimate of drug-likeness (QED) is 0.560. The third kappa shape index (κ3) is 0.861. The summed E-state index contributed by atoms with van der Waals surface area (Å²) in [5, 5.41) is 6.88. The van der Waals surface area contributed by atoms with E-state index < -0.39 is 0 Å². The number of aromatic nitrogens is 2. The fourth-order valence-corrected chi connectivity index (χ4v) is 1.95. The first-order valence-corrected chi connectivity index (χ1v) is 4.63. The van der Waals surface area contributed by atoms with E-state index >= 15 is 0 Å². The molecule has 0 N–H and O–H groups in total. The molecule has 0 saturated heterocycles. The number of fused-ring (bicyclic) bond motifs is 2. The first-order chi connectivity index (χ1) is 7.61. The molecule has 0 bridgehead atoms. The molecule has 16 heavy (non-hydrogen) atoms. The van der Waals surface area contributed by atoms with Gasteiger partial charge in [-0.15, -0.1) is 0 Å². The number of nitrogens with zero attached hydrogens (tertiary/aromatic N) is 2. The minimum atomic E-state index is -0.375. The molecule has 0 spiro atoms.